The number of ether oxygens (including phenoxy) is 1. The maximum Gasteiger partial charge on any atom is 0.274 e. The fraction of sp³-hybridized carbons (Fsp3) is 0.500. The van der Waals surface area contributed by atoms with E-state index in [9.17, 15) is 9.59 Å². The molecule has 0 bridgehead atoms. The third-order valence-electron chi connectivity index (χ3n) is 6.51. The summed E-state index contributed by atoms with van der Waals surface area (Å²) in [4.78, 5) is 36.5. The summed E-state index contributed by atoms with van der Waals surface area (Å²) in [6.45, 7) is 9.92. The Morgan fingerprint density at radius 1 is 1.03 bits per heavy atom. The molecule has 0 saturated carbocycles. The SMILES string of the molecule is CCN1CCN(CCCNC(=O)CCCN2C(=O)[C@@H](c3ccccc3)Oc3cccnc32)CC1. The number of piperazine rings is 1. The molecule has 182 valence electrons. The van der Waals surface area contributed by atoms with Crippen molar-refractivity contribution in [2.75, 3.05) is 57.3 Å². The fourth-order valence-corrected chi connectivity index (χ4v) is 4.50. The molecule has 0 radical (unpaired) electrons. The van der Waals surface area contributed by atoms with E-state index in [1.165, 1.54) is 0 Å². The van der Waals surface area contributed by atoms with E-state index in [-0.39, 0.29) is 11.8 Å². The van der Waals surface area contributed by atoms with Crippen molar-refractivity contribution in [3.8, 4) is 5.75 Å². The number of hydrogen-bond donors (Lipinski definition) is 1. The summed E-state index contributed by atoms with van der Waals surface area (Å²) < 4.78 is 5.98. The van der Waals surface area contributed by atoms with Crippen LogP contribution in [0.5, 0.6) is 5.75 Å². The first-order valence-corrected chi connectivity index (χ1v) is 12.3. The van der Waals surface area contributed by atoms with E-state index < -0.39 is 6.10 Å². The standard InChI is InChI=1S/C26H35N5O3/c1-2-29-17-19-30(20-18-29)15-8-14-27-23(32)12-7-16-31-25-22(11-6-13-28-25)34-24(26(31)33)21-9-4-3-5-10-21/h3-6,9-11,13,24H,2,7-8,12,14-20H2,1H3,(H,27,32)/t24-/m1/s1. The molecule has 0 aliphatic carbocycles. The predicted molar refractivity (Wildman–Crippen MR) is 132 cm³/mol. The maximum atomic E-state index is 13.2. The molecule has 1 atom stereocenters. The van der Waals surface area contributed by atoms with Gasteiger partial charge in [0.1, 0.15) is 0 Å². The summed E-state index contributed by atoms with van der Waals surface area (Å²) in [7, 11) is 0. The topological polar surface area (TPSA) is 78.0 Å². The Labute approximate surface area is 201 Å². The third-order valence-corrected chi connectivity index (χ3v) is 6.51. The Balaban J connectivity index is 1.22. The maximum absolute atomic E-state index is 13.2. The molecule has 1 aromatic carbocycles. The molecule has 2 aliphatic heterocycles. The van der Waals surface area contributed by atoms with Crippen molar-refractivity contribution in [1.82, 2.24) is 20.1 Å². The number of hydrogen-bond acceptors (Lipinski definition) is 6. The van der Waals surface area contributed by atoms with Gasteiger partial charge < -0.3 is 19.9 Å². The zero-order chi connectivity index (χ0) is 23.8. The number of benzene rings is 1. The average molecular weight is 466 g/mol. The van der Waals surface area contributed by atoms with Gasteiger partial charge in [0.15, 0.2) is 11.6 Å². The second-order valence-electron chi connectivity index (χ2n) is 8.81. The lowest BCUT2D eigenvalue weighted by molar-refractivity contribution is -0.127. The van der Waals surface area contributed by atoms with Crippen LogP contribution in [0.4, 0.5) is 5.82 Å². The quantitative estimate of drug-likeness (QED) is 0.543. The van der Waals surface area contributed by atoms with E-state index >= 15 is 0 Å². The number of anilines is 1. The fourth-order valence-electron chi connectivity index (χ4n) is 4.50. The van der Waals surface area contributed by atoms with Gasteiger partial charge in [0.2, 0.25) is 12.0 Å². The highest BCUT2D eigenvalue weighted by molar-refractivity contribution is 5.99. The van der Waals surface area contributed by atoms with Gasteiger partial charge in [-0.3, -0.25) is 14.5 Å². The number of aromatic nitrogens is 1. The van der Waals surface area contributed by atoms with Crippen LogP contribution in [0, 0.1) is 0 Å². The number of rotatable bonds is 10. The first kappa shape index (κ1) is 24.2. The van der Waals surface area contributed by atoms with Gasteiger partial charge in [-0.05, 0) is 38.1 Å². The molecule has 2 aromatic rings. The summed E-state index contributed by atoms with van der Waals surface area (Å²) in [6.07, 6.45) is 2.84. The molecule has 0 unspecified atom stereocenters. The Hall–Kier alpha value is -2.97. The summed E-state index contributed by atoms with van der Waals surface area (Å²) in [6, 6.07) is 13.1. The minimum atomic E-state index is -0.703. The highest BCUT2D eigenvalue weighted by atomic mass is 16.5. The molecule has 2 amide bonds. The van der Waals surface area contributed by atoms with Gasteiger partial charge in [0, 0.05) is 57.4 Å². The smallest absolute Gasteiger partial charge is 0.274 e. The van der Waals surface area contributed by atoms with E-state index in [0.717, 1.165) is 51.3 Å². The molecule has 34 heavy (non-hydrogen) atoms. The van der Waals surface area contributed by atoms with E-state index in [0.29, 0.717) is 37.5 Å². The van der Waals surface area contributed by atoms with Crippen LogP contribution in [0.15, 0.2) is 48.7 Å². The van der Waals surface area contributed by atoms with Crippen LogP contribution in [-0.2, 0) is 9.59 Å². The van der Waals surface area contributed by atoms with Gasteiger partial charge in [0.05, 0.1) is 0 Å². The van der Waals surface area contributed by atoms with Crippen molar-refractivity contribution in [3.05, 3.63) is 54.2 Å². The lowest BCUT2D eigenvalue weighted by Gasteiger charge is -2.34. The van der Waals surface area contributed by atoms with Crippen LogP contribution < -0.4 is 15.0 Å². The van der Waals surface area contributed by atoms with Gasteiger partial charge in [-0.2, -0.15) is 0 Å². The number of carbonyl (C=O) groups excluding carboxylic acids is 2. The van der Waals surface area contributed by atoms with Crippen LogP contribution in [0.2, 0.25) is 0 Å². The molecule has 1 N–H and O–H groups in total. The van der Waals surface area contributed by atoms with Crippen LogP contribution in [0.3, 0.4) is 0 Å². The third kappa shape index (κ3) is 6.12. The molecule has 1 aromatic heterocycles. The molecule has 8 heteroatoms. The monoisotopic (exact) mass is 465 g/mol. The largest absolute Gasteiger partial charge is 0.472 e. The zero-order valence-corrected chi connectivity index (χ0v) is 20.0. The number of nitrogens with one attached hydrogen (secondary N) is 1. The normalized spacial score (nSPS) is 18.9. The van der Waals surface area contributed by atoms with Gasteiger partial charge >= 0.3 is 0 Å². The first-order chi connectivity index (χ1) is 16.7. The van der Waals surface area contributed by atoms with E-state index in [4.69, 9.17) is 4.74 Å². The van der Waals surface area contributed by atoms with Crippen LogP contribution in [0.1, 0.15) is 37.9 Å². The summed E-state index contributed by atoms with van der Waals surface area (Å²) in [5.74, 6) is 0.974. The van der Waals surface area contributed by atoms with Gasteiger partial charge in [-0.1, -0.05) is 37.3 Å². The zero-order valence-electron chi connectivity index (χ0n) is 20.0. The average Bonchev–Trinajstić information content (AvgIpc) is 2.88. The molecular weight excluding hydrogens is 430 g/mol. The lowest BCUT2D eigenvalue weighted by atomic mass is 10.1. The minimum Gasteiger partial charge on any atom is -0.472 e. The van der Waals surface area contributed by atoms with E-state index in [2.05, 4.69) is 27.0 Å². The van der Waals surface area contributed by atoms with Crippen molar-refractivity contribution in [1.29, 1.82) is 0 Å². The molecule has 8 nitrogen and oxygen atoms in total. The second-order valence-corrected chi connectivity index (χ2v) is 8.81. The molecule has 0 spiro atoms. The van der Waals surface area contributed by atoms with Crippen molar-refractivity contribution < 1.29 is 14.3 Å². The van der Waals surface area contributed by atoms with Gasteiger partial charge in [-0.25, -0.2) is 4.98 Å². The summed E-state index contributed by atoms with van der Waals surface area (Å²) in [5, 5.41) is 3.03. The van der Waals surface area contributed by atoms with Crippen molar-refractivity contribution in [2.45, 2.75) is 32.3 Å². The molecule has 1 saturated heterocycles. The lowest BCUT2D eigenvalue weighted by Crippen LogP contribution is -2.46. The van der Waals surface area contributed by atoms with E-state index in [1.54, 1.807) is 17.2 Å². The van der Waals surface area contributed by atoms with Crippen molar-refractivity contribution >= 4 is 17.6 Å². The Morgan fingerprint density at radius 2 is 1.79 bits per heavy atom. The Morgan fingerprint density at radius 3 is 2.56 bits per heavy atom. The minimum absolute atomic E-state index is 0.0253. The molecule has 4 rings (SSSR count). The summed E-state index contributed by atoms with van der Waals surface area (Å²) in [5.41, 5.74) is 0.806. The number of likely N-dealkylation sites (N-methyl/N-ethyl adjacent to an activating group) is 1. The molecule has 1 fully saturated rings. The highest BCUT2D eigenvalue weighted by Crippen LogP contribution is 2.37. The van der Waals surface area contributed by atoms with Crippen LogP contribution >= 0.6 is 0 Å². The van der Waals surface area contributed by atoms with Gasteiger partial charge in [0.25, 0.3) is 5.91 Å². The van der Waals surface area contributed by atoms with Crippen molar-refractivity contribution in [3.63, 3.8) is 0 Å². The molecule has 3 heterocycles. The first-order valence-electron chi connectivity index (χ1n) is 12.3. The molecular formula is C26H35N5O3. The second kappa shape index (κ2) is 11.9. The highest BCUT2D eigenvalue weighted by Gasteiger charge is 2.36. The summed E-state index contributed by atoms with van der Waals surface area (Å²) >= 11 is 0. The number of pyridine rings is 1. The van der Waals surface area contributed by atoms with Crippen LogP contribution in [-0.4, -0.2) is 79.0 Å². The van der Waals surface area contributed by atoms with Gasteiger partial charge in [-0.15, -0.1) is 0 Å². The number of fused-ring (bicyclic) bond motifs is 1. The van der Waals surface area contributed by atoms with Crippen LogP contribution in [0.25, 0.3) is 0 Å². The number of carbonyl (C=O) groups is 2. The Bertz CT molecular complexity index is 946. The van der Waals surface area contributed by atoms with E-state index in [1.807, 2.05) is 36.4 Å². The van der Waals surface area contributed by atoms with Crippen molar-refractivity contribution in [2.24, 2.45) is 0 Å². The predicted octanol–water partition coefficient (Wildman–Crippen LogP) is 2.47. The number of amides is 2. The Kier molecular flexibility index (Phi) is 8.49. The molecule has 2 aliphatic rings. The number of nitrogens with zero attached hydrogens (tertiary/aromatic N) is 4.